The largest absolute Gasteiger partial charge is 0.492 e. The summed E-state index contributed by atoms with van der Waals surface area (Å²) in [5, 5.41) is 7.40. The lowest BCUT2D eigenvalue weighted by atomic mass is 10.1. The Morgan fingerprint density at radius 3 is 2.29 bits per heavy atom. The van der Waals surface area contributed by atoms with Crippen LogP contribution in [0.25, 0.3) is 0 Å². The van der Waals surface area contributed by atoms with Gasteiger partial charge >= 0.3 is 18.1 Å². The standard InChI is InChI=1S/C24H19F4N3O6S/c25-17-8-9-20(19(13-17)36-11-10-14-4-6-15(7-5-14)21(29)30)38(34,35)31-18-3-1-2-16(12-18)22(32)37-23(33)24(26,27)28/h1-9,12-13,31H,10-11H2,(H3,29,30). The van der Waals surface area contributed by atoms with Gasteiger partial charge in [0.1, 0.15) is 22.3 Å². The molecule has 0 atom stereocenters. The molecule has 0 saturated carbocycles. The van der Waals surface area contributed by atoms with Crippen LogP contribution in [0.1, 0.15) is 21.5 Å². The summed E-state index contributed by atoms with van der Waals surface area (Å²) in [7, 11) is -4.44. The third kappa shape index (κ3) is 7.29. The van der Waals surface area contributed by atoms with Crippen molar-refractivity contribution in [3.63, 3.8) is 0 Å². The molecule has 38 heavy (non-hydrogen) atoms. The Morgan fingerprint density at radius 2 is 1.66 bits per heavy atom. The number of nitrogens with one attached hydrogen (secondary N) is 2. The molecule has 0 unspecified atom stereocenters. The lowest BCUT2D eigenvalue weighted by molar-refractivity contribution is -0.193. The first-order valence-corrected chi connectivity index (χ1v) is 12.1. The van der Waals surface area contributed by atoms with E-state index in [0.717, 1.165) is 42.0 Å². The number of anilines is 1. The molecule has 14 heteroatoms. The summed E-state index contributed by atoms with van der Waals surface area (Å²) in [5.41, 5.74) is 5.92. The maximum atomic E-state index is 13.9. The molecule has 200 valence electrons. The van der Waals surface area contributed by atoms with Crippen molar-refractivity contribution >= 4 is 33.5 Å². The van der Waals surface area contributed by atoms with Gasteiger partial charge in [0.15, 0.2) is 0 Å². The third-order valence-electron chi connectivity index (χ3n) is 4.88. The second-order valence-corrected chi connectivity index (χ2v) is 9.31. The number of esters is 2. The fourth-order valence-electron chi connectivity index (χ4n) is 3.07. The van der Waals surface area contributed by atoms with E-state index in [1.165, 1.54) is 6.07 Å². The molecule has 9 nitrogen and oxygen atoms in total. The number of hydrogen-bond acceptors (Lipinski definition) is 7. The molecule has 3 rings (SSSR count). The van der Waals surface area contributed by atoms with E-state index in [1.807, 2.05) is 0 Å². The fraction of sp³-hybridized carbons (Fsp3) is 0.125. The SMILES string of the molecule is N=C(N)c1ccc(CCOc2cc(F)ccc2S(=O)(=O)Nc2cccc(C(=O)OC(=O)C(F)(F)F)c2)cc1. The number of benzene rings is 3. The van der Waals surface area contributed by atoms with Crippen molar-refractivity contribution in [2.75, 3.05) is 11.3 Å². The molecule has 3 aromatic rings. The highest BCUT2D eigenvalue weighted by Gasteiger charge is 2.42. The van der Waals surface area contributed by atoms with Crippen molar-refractivity contribution in [2.45, 2.75) is 17.5 Å². The van der Waals surface area contributed by atoms with Crippen LogP contribution < -0.4 is 15.2 Å². The maximum absolute atomic E-state index is 13.9. The van der Waals surface area contributed by atoms with Crippen molar-refractivity contribution in [1.29, 1.82) is 5.41 Å². The molecule has 0 fully saturated rings. The number of sulfonamides is 1. The molecule has 0 aromatic heterocycles. The Morgan fingerprint density at radius 1 is 0.974 bits per heavy atom. The molecular weight excluding hydrogens is 534 g/mol. The Kier molecular flexibility index (Phi) is 8.36. The highest BCUT2D eigenvalue weighted by Crippen LogP contribution is 2.28. The number of halogens is 4. The van der Waals surface area contributed by atoms with E-state index in [2.05, 4.69) is 9.46 Å². The van der Waals surface area contributed by atoms with Crippen LogP contribution in [-0.2, 0) is 26.0 Å². The highest BCUT2D eigenvalue weighted by molar-refractivity contribution is 7.92. The van der Waals surface area contributed by atoms with Crippen LogP contribution >= 0.6 is 0 Å². The maximum Gasteiger partial charge on any atom is 0.491 e. The van der Waals surface area contributed by atoms with Gasteiger partial charge in [-0.05, 0) is 35.9 Å². The van der Waals surface area contributed by atoms with Gasteiger partial charge in [0.05, 0.1) is 12.2 Å². The van der Waals surface area contributed by atoms with Gasteiger partial charge in [-0.2, -0.15) is 13.2 Å². The minimum atomic E-state index is -5.40. The van der Waals surface area contributed by atoms with E-state index in [9.17, 15) is 35.6 Å². The molecule has 0 heterocycles. The smallest absolute Gasteiger partial charge is 0.491 e. The number of nitrogen functional groups attached to an aromatic ring is 1. The van der Waals surface area contributed by atoms with Gasteiger partial charge in [0, 0.05) is 23.7 Å². The Hall–Kier alpha value is -4.46. The molecule has 4 N–H and O–H groups in total. The number of hydrogen-bond donors (Lipinski definition) is 3. The minimum absolute atomic E-state index is 0.0417. The first-order valence-electron chi connectivity index (χ1n) is 10.6. The quantitative estimate of drug-likeness (QED) is 0.120. The number of ether oxygens (including phenoxy) is 2. The number of nitrogens with two attached hydrogens (primary N) is 1. The Bertz CT molecular complexity index is 1480. The van der Waals surface area contributed by atoms with Crippen LogP contribution in [0.4, 0.5) is 23.2 Å². The van der Waals surface area contributed by atoms with E-state index in [1.54, 1.807) is 24.3 Å². The van der Waals surface area contributed by atoms with Crippen molar-refractivity contribution in [2.24, 2.45) is 5.73 Å². The van der Waals surface area contributed by atoms with Crippen molar-refractivity contribution in [3.05, 3.63) is 89.2 Å². The molecule has 0 saturated heterocycles. The average molecular weight is 553 g/mol. The van der Waals surface area contributed by atoms with Gasteiger partial charge in [-0.1, -0.05) is 30.3 Å². The van der Waals surface area contributed by atoms with E-state index in [4.69, 9.17) is 15.9 Å². The van der Waals surface area contributed by atoms with Crippen molar-refractivity contribution in [1.82, 2.24) is 0 Å². The lowest BCUT2D eigenvalue weighted by Crippen LogP contribution is -2.28. The monoisotopic (exact) mass is 553 g/mol. The first kappa shape index (κ1) is 28.1. The number of rotatable bonds is 9. The molecule has 3 aromatic carbocycles. The predicted octanol–water partition coefficient (Wildman–Crippen LogP) is 3.78. The van der Waals surface area contributed by atoms with Gasteiger partial charge in [-0.15, -0.1) is 0 Å². The number of carbonyl (C=O) groups is 2. The van der Waals surface area contributed by atoms with Crippen LogP contribution in [0.15, 0.2) is 71.6 Å². The summed E-state index contributed by atoms with van der Waals surface area (Å²) in [6.07, 6.45) is -5.09. The van der Waals surface area contributed by atoms with Crippen LogP contribution in [0, 0.1) is 11.2 Å². The lowest BCUT2D eigenvalue weighted by Gasteiger charge is -2.14. The van der Waals surface area contributed by atoms with Gasteiger partial charge in [-0.3, -0.25) is 10.1 Å². The summed E-state index contributed by atoms with van der Waals surface area (Å²) in [6, 6.07) is 13.6. The predicted molar refractivity (Wildman–Crippen MR) is 127 cm³/mol. The fourth-order valence-corrected chi connectivity index (χ4v) is 4.24. The third-order valence-corrected chi connectivity index (χ3v) is 6.30. The van der Waals surface area contributed by atoms with Crippen LogP contribution in [-0.4, -0.2) is 39.0 Å². The summed E-state index contributed by atoms with van der Waals surface area (Å²) in [6.45, 7) is -0.0417. The highest BCUT2D eigenvalue weighted by atomic mass is 32.2. The molecule has 0 spiro atoms. The zero-order valence-electron chi connectivity index (χ0n) is 19.2. The average Bonchev–Trinajstić information content (AvgIpc) is 2.83. The normalized spacial score (nSPS) is 11.5. The molecule has 0 radical (unpaired) electrons. The number of amidine groups is 1. The van der Waals surface area contributed by atoms with Crippen molar-refractivity contribution in [3.8, 4) is 5.75 Å². The summed E-state index contributed by atoms with van der Waals surface area (Å²) < 4.78 is 88.3. The van der Waals surface area contributed by atoms with E-state index in [0.29, 0.717) is 12.0 Å². The summed E-state index contributed by atoms with van der Waals surface area (Å²) >= 11 is 0. The second-order valence-electron chi connectivity index (χ2n) is 7.66. The van der Waals surface area contributed by atoms with Gasteiger partial charge in [-0.25, -0.2) is 22.4 Å². The van der Waals surface area contributed by atoms with E-state index >= 15 is 0 Å². The molecule has 0 bridgehead atoms. The number of alkyl halides is 3. The van der Waals surface area contributed by atoms with Crippen molar-refractivity contribution < 1.29 is 45.0 Å². The summed E-state index contributed by atoms with van der Waals surface area (Å²) in [4.78, 5) is 22.3. The Balaban J connectivity index is 1.75. The second kappa shape index (κ2) is 11.3. The summed E-state index contributed by atoms with van der Waals surface area (Å²) in [5.74, 6) is -5.56. The van der Waals surface area contributed by atoms with Gasteiger partial charge in [0.2, 0.25) is 0 Å². The first-order chi connectivity index (χ1) is 17.8. The van der Waals surface area contributed by atoms with E-state index < -0.39 is 44.4 Å². The molecule has 0 aliphatic rings. The van der Waals surface area contributed by atoms with Gasteiger partial charge in [0.25, 0.3) is 10.0 Å². The molecular formula is C24H19F4N3O6S. The molecule has 0 amide bonds. The zero-order valence-corrected chi connectivity index (χ0v) is 20.0. The van der Waals surface area contributed by atoms with Crippen LogP contribution in [0.3, 0.4) is 0 Å². The van der Waals surface area contributed by atoms with Crippen LogP contribution in [0.5, 0.6) is 5.75 Å². The Labute approximate surface area is 213 Å². The minimum Gasteiger partial charge on any atom is -0.492 e. The topological polar surface area (TPSA) is 149 Å². The zero-order chi connectivity index (χ0) is 28.1. The molecule has 0 aliphatic heterocycles. The molecule has 0 aliphatic carbocycles. The van der Waals surface area contributed by atoms with Gasteiger partial charge < -0.3 is 15.2 Å². The van der Waals surface area contributed by atoms with E-state index in [-0.39, 0.29) is 23.9 Å². The van der Waals surface area contributed by atoms with Crippen LogP contribution in [0.2, 0.25) is 0 Å². The number of carbonyl (C=O) groups excluding carboxylic acids is 2.